The van der Waals surface area contributed by atoms with E-state index < -0.39 is 0 Å². The minimum Gasteiger partial charge on any atom is -0.316 e. The van der Waals surface area contributed by atoms with Crippen LogP contribution in [0.15, 0.2) is 0 Å². The van der Waals surface area contributed by atoms with Crippen molar-refractivity contribution in [1.82, 2.24) is 10.6 Å². The van der Waals surface area contributed by atoms with Crippen molar-refractivity contribution in [3.05, 3.63) is 0 Å². The molecule has 0 aromatic heterocycles. The summed E-state index contributed by atoms with van der Waals surface area (Å²) in [6.45, 7) is 9.30. The Bertz CT molecular complexity index is 437. The smallest absolute Gasteiger partial charge is 0.111 e. The predicted molar refractivity (Wildman–Crippen MR) is 95.0 cm³/mol. The number of fused-ring (bicyclic) bond motifs is 1. The van der Waals surface area contributed by atoms with Crippen molar-refractivity contribution in [1.29, 1.82) is 5.26 Å². The van der Waals surface area contributed by atoms with Gasteiger partial charge in [-0.05, 0) is 68.7 Å². The molecule has 3 heteroatoms. The lowest BCUT2D eigenvalue weighted by Gasteiger charge is -2.49. The van der Waals surface area contributed by atoms with E-state index in [9.17, 15) is 5.26 Å². The van der Waals surface area contributed by atoms with Gasteiger partial charge in [-0.3, -0.25) is 5.32 Å². The molecule has 3 unspecified atom stereocenters. The van der Waals surface area contributed by atoms with Gasteiger partial charge in [-0.1, -0.05) is 27.2 Å². The summed E-state index contributed by atoms with van der Waals surface area (Å²) in [7, 11) is 0. The van der Waals surface area contributed by atoms with Gasteiger partial charge in [0.1, 0.15) is 5.54 Å². The Morgan fingerprint density at radius 1 is 1.09 bits per heavy atom. The van der Waals surface area contributed by atoms with Gasteiger partial charge in [0, 0.05) is 18.5 Å². The van der Waals surface area contributed by atoms with Crippen molar-refractivity contribution in [2.45, 2.75) is 83.7 Å². The molecule has 0 amide bonds. The van der Waals surface area contributed by atoms with E-state index >= 15 is 0 Å². The van der Waals surface area contributed by atoms with E-state index in [1.165, 1.54) is 44.9 Å². The molecule has 2 aliphatic carbocycles. The topological polar surface area (TPSA) is 47.9 Å². The number of rotatable bonds is 2. The second-order valence-electron chi connectivity index (χ2n) is 9.39. The Hall–Kier alpha value is -0.590. The molecule has 1 aliphatic heterocycles. The van der Waals surface area contributed by atoms with Crippen LogP contribution in [-0.4, -0.2) is 24.7 Å². The molecule has 23 heavy (non-hydrogen) atoms. The van der Waals surface area contributed by atoms with Gasteiger partial charge < -0.3 is 5.32 Å². The van der Waals surface area contributed by atoms with Crippen LogP contribution in [0.3, 0.4) is 0 Å². The second-order valence-corrected chi connectivity index (χ2v) is 9.39. The number of nitriles is 1. The van der Waals surface area contributed by atoms with E-state index in [0.29, 0.717) is 17.4 Å². The zero-order chi connectivity index (χ0) is 16.5. The lowest BCUT2D eigenvalue weighted by Crippen LogP contribution is -2.62. The Labute approximate surface area is 142 Å². The first-order valence-electron chi connectivity index (χ1n) is 9.84. The fraction of sp³-hybridized carbons (Fsp3) is 0.950. The van der Waals surface area contributed by atoms with E-state index in [4.69, 9.17) is 0 Å². The molecule has 0 radical (unpaired) electrons. The van der Waals surface area contributed by atoms with Gasteiger partial charge in [-0.15, -0.1) is 0 Å². The summed E-state index contributed by atoms with van der Waals surface area (Å²) in [6.07, 6.45) is 9.97. The Morgan fingerprint density at radius 3 is 2.48 bits per heavy atom. The molecular formula is C20H35N3. The number of hydrogen-bond donors (Lipinski definition) is 2. The summed E-state index contributed by atoms with van der Waals surface area (Å²) in [5, 5.41) is 17.5. The predicted octanol–water partition coefficient (Wildman–Crippen LogP) is 3.85. The van der Waals surface area contributed by atoms with E-state index in [-0.39, 0.29) is 5.54 Å². The van der Waals surface area contributed by atoms with Crippen molar-refractivity contribution in [2.75, 3.05) is 13.1 Å². The minimum atomic E-state index is -0.268. The average molecular weight is 318 g/mol. The van der Waals surface area contributed by atoms with E-state index in [0.717, 1.165) is 31.3 Å². The number of nitrogens with zero attached hydrogens (tertiary/aromatic N) is 1. The van der Waals surface area contributed by atoms with Gasteiger partial charge >= 0.3 is 0 Å². The molecule has 0 bridgehead atoms. The highest BCUT2D eigenvalue weighted by Gasteiger charge is 2.48. The standard InChI is InChI=1S/C20H35N3/c1-19(2,3)16-6-8-17(9-7-16)23-20(14-21)11-4-5-15-10-12-22-13-18(15)20/h15-18,22-23H,4-13H2,1-3H3. The first-order chi connectivity index (χ1) is 10.9. The molecular weight excluding hydrogens is 282 g/mol. The van der Waals surface area contributed by atoms with Crippen LogP contribution in [0, 0.1) is 34.5 Å². The maximum Gasteiger partial charge on any atom is 0.111 e. The summed E-state index contributed by atoms with van der Waals surface area (Å²) in [4.78, 5) is 0. The molecule has 0 spiro atoms. The minimum absolute atomic E-state index is 0.268. The molecule has 3 aliphatic rings. The average Bonchev–Trinajstić information content (AvgIpc) is 2.55. The Balaban J connectivity index is 1.64. The summed E-state index contributed by atoms with van der Waals surface area (Å²) in [5.41, 5.74) is 0.163. The third-order valence-electron chi connectivity index (χ3n) is 7.02. The molecule has 3 atom stereocenters. The summed E-state index contributed by atoms with van der Waals surface area (Å²) in [5.74, 6) is 2.10. The van der Waals surface area contributed by atoms with Crippen LogP contribution < -0.4 is 10.6 Å². The fourth-order valence-corrected chi connectivity index (χ4v) is 5.48. The van der Waals surface area contributed by atoms with Gasteiger partial charge in [-0.2, -0.15) is 5.26 Å². The molecule has 0 aromatic carbocycles. The van der Waals surface area contributed by atoms with Crippen LogP contribution in [0.4, 0.5) is 0 Å². The highest BCUT2D eigenvalue weighted by atomic mass is 15.0. The van der Waals surface area contributed by atoms with Gasteiger partial charge in [0.05, 0.1) is 6.07 Å². The third-order valence-corrected chi connectivity index (χ3v) is 7.02. The molecule has 130 valence electrons. The van der Waals surface area contributed by atoms with E-state index in [2.05, 4.69) is 37.5 Å². The second kappa shape index (κ2) is 6.73. The molecule has 1 saturated heterocycles. The molecule has 2 saturated carbocycles. The maximum atomic E-state index is 10.1. The van der Waals surface area contributed by atoms with Crippen LogP contribution in [0.2, 0.25) is 0 Å². The molecule has 3 rings (SSSR count). The molecule has 0 aromatic rings. The molecule has 3 fully saturated rings. The van der Waals surface area contributed by atoms with Crippen LogP contribution in [0.25, 0.3) is 0 Å². The monoisotopic (exact) mass is 317 g/mol. The number of nitrogens with one attached hydrogen (secondary N) is 2. The molecule has 2 N–H and O–H groups in total. The molecule has 1 heterocycles. The Morgan fingerprint density at radius 2 is 1.83 bits per heavy atom. The lowest BCUT2D eigenvalue weighted by molar-refractivity contribution is 0.0730. The number of piperidine rings is 1. The van der Waals surface area contributed by atoms with Gasteiger partial charge in [0.2, 0.25) is 0 Å². The van der Waals surface area contributed by atoms with Crippen molar-refractivity contribution in [3.8, 4) is 6.07 Å². The van der Waals surface area contributed by atoms with Crippen molar-refractivity contribution in [2.24, 2.45) is 23.2 Å². The van der Waals surface area contributed by atoms with Crippen molar-refractivity contribution < 1.29 is 0 Å². The SMILES string of the molecule is CC(C)(C)C1CCC(NC2(C#N)CCCC3CCNCC32)CC1. The van der Waals surface area contributed by atoms with Crippen molar-refractivity contribution >= 4 is 0 Å². The van der Waals surface area contributed by atoms with Crippen LogP contribution in [0.1, 0.15) is 72.1 Å². The van der Waals surface area contributed by atoms with Crippen LogP contribution >= 0.6 is 0 Å². The van der Waals surface area contributed by atoms with Gasteiger partial charge in [0.15, 0.2) is 0 Å². The summed E-state index contributed by atoms with van der Waals surface area (Å²) < 4.78 is 0. The quantitative estimate of drug-likeness (QED) is 0.813. The zero-order valence-electron chi connectivity index (χ0n) is 15.3. The van der Waals surface area contributed by atoms with E-state index in [1.807, 2.05) is 0 Å². The first-order valence-corrected chi connectivity index (χ1v) is 9.84. The third kappa shape index (κ3) is 3.59. The number of hydrogen-bond acceptors (Lipinski definition) is 3. The lowest BCUT2D eigenvalue weighted by atomic mass is 9.64. The van der Waals surface area contributed by atoms with Gasteiger partial charge in [-0.25, -0.2) is 0 Å². The summed E-state index contributed by atoms with van der Waals surface area (Å²) >= 11 is 0. The van der Waals surface area contributed by atoms with Crippen LogP contribution in [0.5, 0.6) is 0 Å². The zero-order valence-corrected chi connectivity index (χ0v) is 15.3. The first kappa shape index (κ1) is 17.2. The fourth-order valence-electron chi connectivity index (χ4n) is 5.48. The Kier molecular flexibility index (Phi) is 5.04. The largest absolute Gasteiger partial charge is 0.316 e. The highest BCUT2D eigenvalue weighted by molar-refractivity contribution is 5.16. The normalized spacial score (nSPS) is 41.8. The van der Waals surface area contributed by atoms with Crippen LogP contribution in [-0.2, 0) is 0 Å². The molecule has 3 nitrogen and oxygen atoms in total. The summed E-state index contributed by atoms with van der Waals surface area (Å²) in [6, 6.07) is 3.30. The maximum absolute atomic E-state index is 10.1. The highest BCUT2D eigenvalue weighted by Crippen LogP contribution is 2.43. The van der Waals surface area contributed by atoms with Gasteiger partial charge in [0.25, 0.3) is 0 Å². The van der Waals surface area contributed by atoms with Crippen molar-refractivity contribution in [3.63, 3.8) is 0 Å². The van der Waals surface area contributed by atoms with E-state index in [1.54, 1.807) is 0 Å².